The Balaban J connectivity index is 1.52. The summed E-state index contributed by atoms with van der Waals surface area (Å²) in [4.78, 5) is 11.2. The minimum atomic E-state index is -0.967. The second-order valence-electron chi connectivity index (χ2n) is 12.8. The zero-order valence-electron chi connectivity index (χ0n) is 20.9. The van der Waals surface area contributed by atoms with Gasteiger partial charge in [0, 0.05) is 0 Å². The van der Waals surface area contributed by atoms with Gasteiger partial charge in [0.15, 0.2) is 0 Å². The number of carbonyl (C=O) groups is 1. The van der Waals surface area contributed by atoms with Crippen LogP contribution in [0.15, 0.2) is 0 Å². The highest BCUT2D eigenvalue weighted by atomic mass is 16.4. The smallest absolute Gasteiger partial charge is 0.308 e. The zero-order chi connectivity index (χ0) is 24.3. The van der Waals surface area contributed by atoms with Crippen molar-refractivity contribution in [2.45, 2.75) is 110 Å². The van der Waals surface area contributed by atoms with Gasteiger partial charge in [-0.1, -0.05) is 20.8 Å². The Labute approximate surface area is 198 Å². The minimum absolute atomic E-state index is 0.0756. The average Bonchev–Trinajstić information content (AvgIpc) is 3.11. The summed E-state index contributed by atoms with van der Waals surface area (Å²) >= 11 is 0. The first-order chi connectivity index (χ1) is 15.4. The Morgan fingerprint density at radius 1 is 0.970 bits per heavy atom. The topological polar surface area (TPSA) is 118 Å². The second kappa shape index (κ2) is 9.07. The van der Waals surface area contributed by atoms with Crippen molar-refractivity contribution in [3.05, 3.63) is 0 Å². The maximum absolute atomic E-state index is 11.6. The second-order valence-corrected chi connectivity index (χ2v) is 12.8. The van der Waals surface area contributed by atoms with Crippen LogP contribution in [0.3, 0.4) is 0 Å². The van der Waals surface area contributed by atoms with E-state index in [1.54, 1.807) is 6.92 Å². The average molecular weight is 467 g/mol. The number of hydrogen-bond donors (Lipinski definition) is 5. The maximum Gasteiger partial charge on any atom is 0.308 e. The molecule has 0 amide bonds. The highest BCUT2D eigenvalue weighted by Crippen LogP contribution is 2.68. The van der Waals surface area contributed by atoms with Gasteiger partial charge >= 0.3 is 5.97 Å². The van der Waals surface area contributed by atoms with Gasteiger partial charge in [0.2, 0.25) is 0 Å². The van der Waals surface area contributed by atoms with Crippen LogP contribution in [0, 0.1) is 52.3 Å². The van der Waals surface area contributed by atoms with Crippen LogP contribution >= 0.6 is 0 Å². The Morgan fingerprint density at radius 2 is 1.67 bits per heavy atom. The predicted octanol–water partition coefficient (Wildman–Crippen LogP) is 3.45. The molecule has 4 saturated carbocycles. The van der Waals surface area contributed by atoms with Gasteiger partial charge in [0.05, 0.1) is 30.3 Å². The third-order valence-electron chi connectivity index (χ3n) is 11.4. The van der Waals surface area contributed by atoms with E-state index in [1.165, 1.54) is 0 Å². The van der Waals surface area contributed by atoms with E-state index in [1.807, 2.05) is 0 Å². The summed E-state index contributed by atoms with van der Waals surface area (Å²) in [5.41, 5.74) is -0.186. The Bertz CT molecular complexity index is 727. The quantitative estimate of drug-likeness (QED) is 0.409. The number of aliphatic carboxylic acids is 1. The van der Waals surface area contributed by atoms with Crippen molar-refractivity contribution < 1.29 is 30.3 Å². The van der Waals surface area contributed by atoms with Crippen LogP contribution in [0.4, 0.5) is 0 Å². The number of aliphatic hydroxyl groups is 4. The van der Waals surface area contributed by atoms with Gasteiger partial charge in [-0.25, -0.2) is 0 Å². The molecule has 4 fully saturated rings. The van der Waals surface area contributed by atoms with Crippen LogP contribution in [-0.4, -0.2) is 55.9 Å². The molecule has 4 rings (SSSR count). The SMILES string of the molecule is C[C@H](CC[C@H](O)[C@@H](C)C(=O)O)[C@H]1CC[C@H]2[C@@H]3[C@H](O)C[C@@H]4C[C@@H](O)CC[C@]4(C)[C@H]3C[C@H](O)[C@]12C. The lowest BCUT2D eigenvalue weighted by Crippen LogP contribution is -2.62. The summed E-state index contributed by atoms with van der Waals surface area (Å²) in [5, 5.41) is 52.7. The van der Waals surface area contributed by atoms with Crippen LogP contribution < -0.4 is 0 Å². The molecule has 0 heterocycles. The predicted molar refractivity (Wildman–Crippen MR) is 125 cm³/mol. The lowest BCUT2D eigenvalue weighted by atomic mass is 9.43. The van der Waals surface area contributed by atoms with E-state index in [2.05, 4.69) is 20.8 Å². The molecule has 4 aliphatic carbocycles. The standard InChI is InChI=1S/C27H46O6/c1-14(5-8-21(29)15(2)25(32)33)18-6-7-19-24-20(13-23(31)27(18,19)4)26(3)10-9-17(28)11-16(26)12-22(24)30/h14-24,28-31H,5-13H2,1-4H3,(H,32,33)/t14-,15-,16+,17+,18-,19+,20+,21+,22-,23+,24+,26+,27-/m1/s1. The molecule has 13 atom stereocenters. The summed E-state index contributed by atoms with van der Waals surface area (Å²) in [6.07, 6.45) is 5.36. The van der Waals surface area contributed by atoms with E-state index < -0.39 is 24.1 Å². The van der Waals surface area contributed by atoms with Gasteiger partial charge in [0.1, 0.15) is 0 Å². The van der Waals surface area contributed by atoms with E-state index in [-0.39, 0.29) is 40.8 Å². The van der Waals surface area contributed by atoms with E-state index in [9.17, 15) is 30.3 Å². The third kappa shape index (κ3) is 4.07. The van der Waals surface area contributed by atoms with Crippen molar-refractivity contribution in [1.82, 2.24) is 0 Å². The molecule has 4 aliphatic rings. The molecule has 0 radical (unpaired) electrons. The summed E-state index contributed by atoms with van der Waals surface area (Å²) < 4.78 is 0. The highest BCUT2D eigenvalue weighted by Gasteiger charge is 2.65. The summed E-state index contributed by atoms with van der Waals surface area (Å²) in [6, 6.07) is 0. The number of aliphatic hydroxyl groups excluding tert-OH is 4. The van der Waals surface area contributed by atoms with Crippen LogP contribution in [0.2, 0.25) is 0 Å². The van der Waals surface area contributed by atoms with Gasteiger partial charge in [-0.05, 0) is 111 Å². The van der Waals surface area contributed by atoms with Crippen LogP contribution in [-0.2, 0) is 4.79 Å². The largest absolute Gasteiger partial charge is 0.481 e. The summed E-state index contributed by atoms with van der Waals surface area (Å²) in [7, 11) is 0. The molecule has 6 nitrogen and oxygen atoms in total. The van der Waals surface area contributed by atoms with Crippen LogP contribution in [0.1, 0.15) is 85.5 Å². The maximum atomic E-state index is 11.6. The molecule has 0 aliphatic heterocycles. The van der Waals surface area contributed by atoms with Crippen molar-refractivity contribution in [2.24, 2.45) is 52.3 Å². The molecule has 0 bridgehead atoms. The van der Waals surface area contributed by atoms with Gasteiger partial charge in [-0.15, -0.1) is 0 Å². The fourth-order valence-electron chi connectivity index (χ4n) is 9.18. The molecule has 0 spiro atoms. The van der Waals surface area contributed by atoms with E-state index >= 15 is 0 Å². The normalized spacial score (nSPS) is 49.9. The molecule has 0 saturated heterocycles. The van der Waals surface area contributed by atoms with Gasteiger partial charge in [-0.2, -0.15) is 0 Å². The first-order valence-corrected chi connectivity index (χ1v) is 13.4. The molecule has 190 valence electrons. The van der Waals surface area contributed by atoms with Crippen LogP contribution in [0.5, 0.6) is 0 Å². The molecule has 0 unspecified atom stereocenters. The zero-order valence-corrected chi connectivity index (χ0v) is 20.9. The number of carboxylic acid groups (broad SMARTS) is 1. The third-order valence-corrected chi connectivity index (χ3v) is 11.4. The molecule has 0 aromatic rings. The van der Waals surface area contributed by atoms with Crippen LogP contribution in [0.25, 0.3) is 0 Å². The fraction of sp³-hybridized carbons (Fsp3) is 0.963. The monoisotopic (exact) mass is 466 g/mol. The lowest BCUT2D eigenvalue weighted by Gasteiger charge is -2.63. The molecule has 0 aromatic carbocycles. The van der Waals surface area contributed by atoms with Crippen molar-refractivity contribution in [2.75, 3.05) is 0 Å². The van der Waals surface area contributed by atoms with Gasteiger partial charge in [0.25, 0.3) is 0 Å². The minimum Gasteiger partial charge on any atom is -0.481 e. The number of carboxylic acids is 1. The van der Waals surface area contributed by atoms with E-state index in [4.69, 9.17) is 0 Å². The first-order valence-electron chi connectivity index (χ1n) is 13.4. The molecular weight excluding hydrogens is 420 g/mol. The summed E-state index contributed by atoms with van der Waals surface area (Å²) in [6.45, 7) is 8.32. The fourth-order valence-corrected chi connectivity index (χ4v) is 9.18. The molecular formula is C27H46O6. The molecule has 0 aromatic heterocycles. The number of rotatable bonds is 6. The van der Waals surface area contributed by atoms with Gasteiger partial charge < -0.3 is 25.5 Å². The summed E-state index contributed by atoms with van der Waals surface area (Å²) in [5.74, 6) is -0.0734. The Hall–Kier alpha value is -0.690. The number of hydrogen-bond acceptors (Lipinski definition) is 5. The Morgan fingerprint density at radius 3 is 2.33 bits per heavy atom. The molecule has 33 heavy (non-hydrogen) atoms. The first kappa shape index (κ1) is 25.4. The van der Waals surface area contributed by atoms with Crippen molar-refractivity contribution >= 4 is 5.97 Å². The Kier molecular flexibility index (Phi) is 6.98. The molecule has 6 heteroatoms. The van der Waals surface area contributed by atoms with Crippen molar-refractivity contribution in [3.8, 4) is 0 Å². The van der Waals surface area contributed by atoms with Crippen molar-refractivity contribution in [3.63, 3.8) is 0 Å². The van der Waals surface area contributed by atoms with Crippen molar-refractivity contribution in [1.29, 1.82) is 0 Å². The van der Waals surface area contributed by atoms with E-state index in [0.717, 1.165) is 51.4 Å². The highest BCUT2D eigenvalue weighted by molar-refractivity contribution is 5.70. The molecule has 5 N–H and O–H groups in total. The number of fused-ring (bicyclic) bond motifs is 5. The van der Waals surface area contributed by atoms with E-state index in [0.29, 0.717) is 24.2 Å². The van der Waals surface area contributed by atoms with Gasteiger partial charge in [-0.3, -0.25) is 4.79 Å². The lowest BCUT2D eigenvalue weighted by molar-refractivity contribution is -0.207.